The summed E-state index contributed by atoms with van der Waals surface area (Å²) in [4.78, 5) is 38.5. The molecular weight excluding hydrogens is 406 g/mol. The smallest absolute Gasteiger partial charge is 0.241 e. The second kappa shape index (κ2) is 8.31. The molecular formula is C21H27N3O5S. The zero-order valence-corrected chi connectivity index (χ0v) is 18.2. The van der Waals surface area contributed by atoms with Crippen molar-refractivity contribution in [3.63, 3.8) is 0 Å². The molecule has 0 bridgehead atoms. The van der Waals surface area contributed by atoms with Gasteiger partial charge in [-0.15, -0.1) is 0 Å². The normalized spacial score (nSPS) is 21.6. The zero-order valence-electron chi connectivity index (χ0n) is 17.3. The molecule has 1 heterocycles. The summed E-state index contributed by atoms with van der Waals surface area (Å²) < 4.78 is 27.5. The van der Waals surface area contributed by atoms with Gasteiger partial charge in [-0.25, -0.2) is 13.1 Å². The minimum absolute atomic E-state index is 0.0140. The highest BCUT2D eigenvalue weighted by molar-refractivity contribution is 7.89. The van der Waals surface area contributed by atoms with Crippen molar-refractivity contribution in [3.05, 3.63) is 36.4 Å². The summed E-state index contributed by atoms with van der Waals surface area (Å²) in [6.07, 6.45) is 4.89. The number of likely N-dealkylation sites (tertiary alicyclic amines) is 1. The Morgan fingerprint density at radius 1 is 1.10 bits per heavy atom. The first-order chi connectivity index (χ1) is 14.0. The van der Waals surface area contributed by atoms with Crippen LogP contribution < -0.4 is 10.0 Å². The molecule has 1 aromatic rings. The van der Waals surface area contributed by atoms with E-state index >= 15 is 0 Å². The third-order valence-electron chi connectivity index (χ3n) is 5.03. The predicted octanol–water partition coefficient (Wildman–Crippen LogP) is 2.04. The molecule has 9 heteroatoms. The Labute approximate surface area is 176 Å². The fraction of sp³-hybridized carbons (Fsp3) is 0.476. The van der Waals surface area contributed by atoms with Crippen LogP contribution in [0.4, 0.5) is 5.69 Å². The van der Waals surface area contributed by atoms with Crippen LogP contribution in [-0.2, 0) is 24.4 Å². The summed E-state index contributed by atoms with van der Waals surface area (Å²) in [5.41, 5.74) is -0.312. The van der Waals surface area contributed by atoms with Crippen LogP contribution in [0.1, 0.15) is 40.0 Å². The monoisotopic (exact) mass is 433 g/mol. The number of hydrogen-bond donors (Lipinski definition) is 2. The van der Waals surface area contributed by atoms with Crippen LogP contribution in [0.2, 0.25) is 0 Å². The fourth-order valence-electron chi connectivity index (χ4n) is 3.73. The molecule has 0 radical (unpaired) electrons. The molecule has 2 N–H and O–H groups in total. The van der Waals surface area contributed by atoms with Gasteiger partial charge in [-0.05, 0) is 51.8 Å². The van der Waals surface area contributed by atoms with Gasteiger partial charge in [-0.2, -0.15) is 0 Å². The Kier molecular flexibility index (Phi) is 6.14. The third-order valence-corrected chi connectivity index (χ3v) is 6.79. The van der Waals surface area contributed by atoms with E-state index in [0.29, 0.717) is 18.5 Å². The van der Waals surface area contributed by atoms with E-state index in [4.69, 9.17) is 0 Å². The van der Waals surface area contributed by atoms with E-state index in [9.17, 15) is 22.8 Å². The van der Waals surface area contributed by atoms with Crippen molar-refractivity contribution >= 4 is 33.4 Å². The molecule has 30 heavy (non-hydrogen) atoms. The van der Waals surface area contributed by atoms with Gasteiger partial charge in [0, 0.05) is 24.2 Å². The molecule has 162 valence electrons. The Morgan fingerprint density at radius 3 is 2.27 bits per heavy atom. The molecule has 0 aromatic heterocycles. The summed E-state index contributed by atoms with van der Waals surface area (Å²) in [6.45, 7) is 5.23. The van der Waals surface area contributed by atoms with Gasteiger partial charge < -0.3 is 5.32 Å². The van der Waals surface area contributed by atoms with E-state index in [1.165, 1.54) is 23.1 Å². The van der Waals surface area contributed by atoms with Gasteiger partial charge in [0.1, 0.15) is 0 Å². The van der Waals surface area contributed by atoms with Crippen molar-refractivity contribution in [2.45, 2.75) is 50.5 Å². The van der Waals surface area contributed by atoms with Crippen molar-refractivity contribution in [3.8, 4) is 0 Å². The number of imide groups is 1. The number of anilines is 1. The standard InChI is InChI=1S/C21H27N3O5S/c1-21(2,3)23-30(28,29)15-8-6-7-14(13-15)22-18(25)11-12-24-19(26)16-9-4-5-10-17(16)20(24)27/h4-8,13,16-17,23H,9-12H2,1-3H3,(H,22,25)/t16-,17-/m0/s1. The lowest BCUT2D eigenvalue weighted by Gasteiger charge is -2.20. The number of carbonyl (C=O) groups excluding carboxylic acids is 3. The van der Waals surface area contributed by atoms with E-state index in [1.807, 2.05) is 12.2 Å². The highest BCUT2D eigenvalue weighted by Gasteiger charge is 2.46. The molecule has 1 saturated heterocycles. The van der Waals surface area contributed by atoms with Crippen molar-refractivity contribution in [1.29, 1.82) is 0 Å². The van der Waals surface area contributed by atoms with Crippen LogP contribution in [0.15, 0.2) is 41.3 Å². The average Bonchev–Trinajstić information content (AvgIpc) is 2.89. The second-order valence-corrected chi connectivity index (χ2v) is 10.3. The fourth-order valence-corrected chi connectivity index (χ4v) is 5.19. The van der Waals surface area contributed by atoms with Gasteiger partial charge >= 0.3 is 0 Å². The topological polar surface area (TPSA) is 113 Å². The highest BCUT2D eigenvalue weighted by atomic mass is 32.2. The van der Waals surface area contributed by atoms with Gasteiger partial charge in [-0.3, -0.25) is 19.3 Å². The largest absolute Gasteiger partial charge is 0.326 e. The van der Waals surface area contributed by atoms with E-state index in [-0.39, 0.29) is 41.5 Å². The van der Waals surface area contributed by atoms with E-state index in [1.54, 1.807) is 26.8 Å². The average molecular weight is 434 g/mol. The first-order valence-electron chi connectivity index (χ1n) is 9.92. The summed E-state index contributed by atoms with van der Waals surface area (Å²) >= 11 is 0. The SMILES string of the molecule is CC(C)(C)NS(=O)(=O)c1cccc(NC(=O)CCN2C(=O)[C@H]3CC=CC[C@@H]3C2=O)c1. The van der Waals surface area contributed by atoms with E-state index in [0.717, 1.165) is 0 Å². The van der Waals surface area contributed by atoms with Gasteiger partial charge in [0.25, 0.3) is 0 Å². The maximum absolute atomic E-state index is 12.5. The lowest BCUT2D eigenvalue weighted by molar-refractivity contribution is -0.140. The number of fused-ring (bicyclic) bond motifs is 1. The van der Waals surface area contributed by atoms with Gasteiger partial charge in [-0.1, -0.05) is 18.2 Å². The summed E-state index contributed by atoms with van der Waals surface area (Å²) in [5, 5.41) is 2.64. The number of carbonyl (C=O) groups is 3. The molecule has 0 unspecified atom stereocenters. The van der Waals surface area contributed by atoms with E-state index in [2.05, 4.69) is 10.0 Å². The van der Waals surface area contributed by atoms with Crippen LogP contribution in [-0.4, -0.2) is 43.1 Å². The lowest BCUT2D eigenvalue weighted by atomic mass is 9.85. The van der Waals surface area contributed by atoms with Crippen LogP contribution in [0, 0.1) is 11.8 Å². The number of amides is 3. The van der Waals surface area contributed by atoms with Crippen LogP contribution >= 0.6 is 0 Å². The predicted molar refractivity (Wildman–Crippen MR) is 112 cm³/mol. The molecule has 1 aliphatic carbocycles. The van der Waals surface area contributed by atoms with Gasteiger partial charge in [0.05, 0.1) is 16.7 Å². The van der Waals surface area contributed by atoms with Crippen LogP contribution in [0.3, 0.4) is 0 Å². The molecule has 1 fully saturated rings. The lowest BCUT2D eigenvalue weighted by Crippen LogP contribution is -2.40. The zero-order chi connectivity index (χ0) is 22.1. The number of sulfonamides is 1. The van der Waals surface area contributed by atoms with Crippen molar-refractivity contribution in [2.24, 2.45) is 11.8 Å². The molecule has 3 amide bonds. The quantitative estimate of drug-likeness (QED) is 0.527. The first-order valence-corrected chi connectivity index (χ1v) is 11.4. The molecule has 1 aromatic carbocycles. The number of allylic oxidation sites excluding steroid dienone is 2. The maximum atomic E-state index is 12.5. The maximum Gasteiger partial charge on any atom is 0.241 e. The Morgan fingerprint density at radius 2 is 1.70 bits per heavy atom. The number of nitrogens with one attached hydrogen (secondary N) is 2. The van der Waals surface area contributed by atoms with Crippen molar-refractivity contribution in [2.75, 3.05) is 11.9 Å². The number of hydrogen-bond acceptors (Lipinski definition) is 5. The molecule has 1 aliphatic heterocycles. The van der Waals surface area contributed by atoms with Crippen LogP contribution in [0.25, 0.3) is 0 Å². The highest BCUT2D eigenvalue weighted by Crippen LogP contribution is 2.35. The van der Waals surface area contributed by atoms with Crippen molar-refractivity contribution < 1.29 is 22.8 Å². The molecule has 2 aliphatic rings. The number of benzene rings is 1. The molecule has 8 nitrogen and oxygen atoms in total. The Bertz CT molecular complexity index is 968. The second-order valence-electron chi connectivity index (χ2n) is 8.67. The van der Waals surface area contributed by atoms with E-state index < -0.39 is 21.5 Å². The number of nitrogens with zero attached hydrogens (tertiary/aromatic N) is 1. The summed E-state index contributed by atoms with van der Waals surface area (Å²) in [7, 11) is -3.73. The molecule has 0 spiro atoms. The Balaban J connectivity index is 1.61. The minimum atomic E-state index is -3.73. The third kappa shape index (κ3) is 4.96. The Hall–Kier alpha value is -2.52. The minimum Gasteiger partial charge on any atom is -0.326 e. The van der Waals surface area contributed by atoms with Crippen molar-refractivity contribution in [1.82, 2.24) is 9.62 Å². The van der Waals surface area contributed by atoms with Crippen LogP contribution in [0.5, 0.6) is 0 Å². The number of rotatable bonds is 6. The first kappa shape index (κ1) is 22.2. The molecule has 3 rings (SSSR count). The molecule has 0 saturated carbocycles. The van der Waals surface area contributed by atoms with Gasteiger partial charge in [0.15, 0.2) is 0 Å². The molecule has 2 atom stereocenters. The van der Waals surface area contributed by atoms with Gasteiger partial charge in [0.2, 0.25) is 27.7 Å². The summed E-state index contributed by atoms with van der Waals surface area (Å²) in [5.74, 6) is -1.47. The summed E-state index contributed by atoms with van der Waals surface area (Å²) in [6, 6.07) is 5.94.